The zero-order chi connectivity index (χ0) is 19.1. The smallest absolute Gasteiger partial charge is 0.159 e. The van der Waals surface area contributed by atoms with E-state index in [0.29, 0.717) is 21.4 Å². The van der Waals surface area contributed by atoms with Crippen LogP contribution < -0.4 is 5.73 Å². The first-order valence-electron chi connectivity index (χ1n) is 8.88. The molecule has 1 fully saturated rings. The number of hydrogen-bond donors (Lipinski definition) is 1. The number of fused-ring (bicyclic) bond motifs is 1. The highest BCUT2D eigenvalue weighted by atomic mass is 32.2. The number of aromatic nitrogens is 5. The number of nitrogens with two attached hydrogens (primary N) is 1. The van der Waals surface area contributed by atoms with Crippen LogP contribution in [0.2, 0.25) is 0 Å². The predicted molar refractivity (Wildman–Crippen MR) is 110 cm³/mol. The first-order chi connectivity index (χ1) is 13.7. The normalized spacial score (nSPS) is 15.4. The van der Waals surface area contributed by atoms with Gasteiger partial charge < -0.3 is 5.73 Å². The van der Waals surface area contributed by atoms with Crippen LogP contribution in [0.15, 0.2) is 47.5 Å². The molecule has 4 aromatic heterocycles. The van der Waals surface area contributed by atoms with Gasteiger partial charge in [-0.3, -0.25) is 4.21 Å². The average molecular weight is 409 g/mol. The third-order valence-corrected chi connectivity index (χ3v) is 8.16. The van der Waals surface area contributed by atoms with Gasteiger partial charge >= 0.3 is 0 Å². The lowest BCUT2D eigenvalue weighted by molar-refractivity contribution is 0.505. The Morgan fingerprint density at radius 2 is 1.89 bits per heavy atom. The van der Waals surface area contributed by atoms with Crippen molar-refractivity contribution in [3.05, 3.63) is 43.2 Å². The van der Waals surface area contributed by atoms with Gasteiger partial charge in [-0.2, -0.15) is 0 Å². The molecule has 0 spiro atoms. The molecule has 28 heavy (non-hydrogen) atoms. The van der Waals surface area contributed by atoms with E-state index in [4.69, 9.17) is 10.7 Å². The van der Waals surface area contributed by atoms with Gasteiger partial charge in [-0.05, 0) is 25.0 Å². The van der Waals surface area contributed by atoms with Gasteiger partial charge in [0.2, 0.25) is 0 Å². The second-order valence-electron chi connectivity index (χ2n) is 6.59. The highest BCUT2D eigenvalue weighted by molar-refractivity contribution is 7.88. The largest absolute Gasteiger partial charge is 0.396 e. The van der Waals surface area contributed by atoms with E-state index in [2.05, 4.69) is 19.9 Å². The summed E-state index contributed by atoms with van der Waals surface area (Å²) >= 11 is 1.39. The minimum atomic E-state index is -1.11. The molecule has 7 nitrogen and oxygen atoms in total. The third-order valence-electron chi connectivity index (χ3n) is 4.87. The van der Waals surface area contributed by atoms with Gasteiger partial charge in [0, 0.05) is 46.6 Å². The predicted octanol–water partition coefficient (Wildman–Crippen LogP) is 3.45. The molecule has 4 heterocycles. The van der Waals surface area contributed by atoms with Crippen molar-refractivity contribution in [1.29, 1.82) is 0 Å². The minimum Gasteiger partial charge on any atom is -0.396 e. The molecule has 1 aliphatic rings. The summed E-state index contributed by atoms with van der Waals surface area (Å²) in [5, 5.41) is 0.952. The second kappa shape index (κ2) is 6.99. The Balaban J connectivity index is 1.76. The molecule has 1 atom stereocenters. The van der Waals surface area contributed by atoms with E-state index < -0.39 is 10.8 Å². The van der Waals surface area contributed by atoms with Crippen LogP contribution in [0.5, 0.6) is 0 Å². The van der Waals surface area contributed by atoms with Crippen LogP contribution in [0.3, 0.4) is 0 Å². The molecule has 2 N–H and O–H groups in total. The van der Waals surface area contributed by atoms with E-state index in [9.17, 15) is 4.21 Å². The van der Waals surface area contributed by atoms with Crippen LogP contribution in [0.1, 0.15) is 19.3 Å². The van der Waals surface area contributed by atoms with Gasteiger partial charge in [0.25, 0.3) is 0 Å². The van der Waals surface area contributed by atoms with Crippen molar-refractivity contribution in [3.8, 4) is 22.6 Å². The summed E-state index contributed by atoms with van der Waals surface area (Å²) < 4.78 is 13.7. The highest BCUT2D eigenvalue weighted by Crippen LogP contribution is 2.43. The minimum absolute atomic E-state index is 0.189. The van der Waals surface area contributed by atoms with Crippen LogP contribution in [0.25, 0.3) is 32.9 Å². The zero-order valence-corrected chi connectivity index (χ0v) is 16.4. The van der Waals surface area contributed by atoms with Crippen LogP contribution in [0, 0.1) is 0 Å². The number of nitrogen functional groups attached to an aromatic ring is 1. The van der Waals surface area contributed by atoms with Crippen LogP contribution in [-0.4, -0.2) is 34.4 Å². The fraction of sp³-hybridized carbons (Fsp3) is 0.211. The maximum atomic E-state index is 13.0. The van der Waals surface area contributed by atoms with Crippen molar-refractivity contribution in [2.45, 2.75) is 28.7 Å². The van der Waals surface area contributed by atoms with Crippen LogP contribution in [-0.2, 0) is 10.8 Å². The maximum Gasteiger partial charge on any atom is 0.159 e. The standard InChI is InChI=1S/C19H16N6OS2/c20-16-15-13(17-23-5-2-6-24-17)7-14(11-8-21-10-22-9-11)25-18(15)27-19(16)28(26)12-3-1-4-12/h2,5-10,12H,1,3-4,20H2. The third kappa shape index (κ3) is 2.87. The summed E-state index contributed by atoms with van der Waals surface area (Å²) in [5.74, 6) is 0.554. The summed E-state index contributed by atoms with van der Waals surface area (Å²) in [6, 6.07) is 3.66. The Morgan fingerprint density at radius 1 is 1.14 bits per heavy atom. The first-order valence-corrected chi connectivity index (χ1v) is 10.9. The van der Waals surface area contributed by atoms with E-state index >= 15 is 0 Å². The topological polar surface area (TPSA) is 108 Å². The fourth-order valence-electron chi connectivity index (χ4n) is 3.18. The summed E-state index contributed by atoms with van der Waals surface area (Å²) in [6.45, 7) is 0. The van der Waals surface area contributed by atoms with E-state index in [0.717, 1.165) is 40.6 Å². The van der Waals surface area contributed by atoms with Crippen molar-refractivity contribution in [2.75, 3.05) is 5.73 Å². The molecule has 1 aliphatic carbocycles. The Hall–Kier alpha value is -2.78. The van der Waals surface area contributed by atoms with Gasteiger partial charge in [-0.15, -0.1) is 11.3 Å². The molecule has 5 rings (SSSR count). The molecule has 9 heteroatoms. The van der Waals surface area contributed by atoms with Crippen molar-refractivity contribution >= 4 is 38.0 Å². The van der Waals surface area contributed by atoms with E-state index in [1.54, 1.807) is 30.9 Å². The Kier molecular flexibility index (Phi) is 4.33. The van der Waals surface area contributed by atoms with Crippen molar-refractivity contribution in [1.82, 2.24) is 24.9 Å². The number of thiophene rings is 1. The monoisotopic (exact) mass is 408 g/mol. The van der Waals surface area contributed by atoms with Crippen LogP contribution in [0.4, 0.5) is 5.69 Å². The summed E-state index contributed by atoms with van der Waals surface area (Å²) in [7, 11) is -1.11. The van der Waals surface area contributed by atoms with Gasteiger partial charge in [0.15, 0.2) is 5.82 Å². The number of pyridine rings is 1. The molecule has 1 saturated carbocycles. The number of anilines is 1. The molecule has 0 bridgehead atoms. The SMILES string of the molecule is Nc1c(S(=O)C2CCC2)sc2nc(-c3cncnc3)cc(-c3ncccn3)c12. The molecule has 4 aromatic rings. The number of hydrogen-bond acceptors (Lipinski definition) is 8. The number of rotatable bonds is 4. The van der Waals surface area contributed by atoms with E-state index in [1.807, 2.05) is 6.07 Å². The van der Waals surface area contributed by atoms with Crippen molar-refractivity contribution in [3.63, 3.8) is 0 Å². The molecule has 0 aromatic carbocycles. The van der Waals surface area contributed by atoms with Gasteiger partial charge in [0.05, 0.1) is 22.2 Å². The zero-order valence-electron chi connectivity index (χ0n) is 14.8. The lowest BCUT2D eigenvalue weighted by Gasteiger charge is -2.23. The molecule has 0 amide bonds. The lowest BCUT2D eigenvalue weighted by atomic mass is 10.0. The maximum absolute atomic E-state index is 13.0. The fourth-order valence-corrected chi connectivity index (χ4v) is 6.39. The second-order valence-corrected chi connectivity index (χ2v) is 9.52. The molecule has 1 unspecified atom stereocenters. The van der Waals surface area contributed by atoms with E-state index in [1.165, 1.54) is 17.7 Å². The highest BCUT2D eigenvalue weighted by Gasteiger charge is 2.29. The first kappa shape index (κ1) is 17.3. The Labute approximate surface area is 167 Å². The quantitative estimate of drug-likeness (QED) is 0.551. The van der Waals surface area contributed by atoms with E-state index in [-0.39, 0.29) is 5.25 Å². The molecule has 140 valence electrons. The summed E-state index contributed by atoms with van der Waals surface area (Å²) in [5.41, 5.74) is 9.27. The molecule has 0 saturated heterocycles. The molecular formula is C19H16N6OS2. The molecule has 0 radical (unpaired) electrons. The van der Waals surface area contributed by atoms with Gasteiger partial charge in [-0.25, -0.2) is 24.9 Å². The lowest BCUT2D eigenvalue weighted by Crippen LogP contribution is -2.23. The average Bonchev–Trinajstić information content (AvgIpc) is 3.04. The van der Waals surface area contributed by atoms with Crippen molar-refractivity contribution in [2.24, 2.45) is 0 Å². The number of nitrogens with zero attached hydrogens (tertiary/aromatic N) is 5. The summed E-state index contributed by atoms with van der Waals surface area (Å²) in [4.78, 5) is 22.5. The van der Waals surface area contributed by atoms with Crippen molar-refractivity contribution < 1.29 is 4.21 Å². The molecule has 0 aliphatic heterocycles. The van der Waals surface area contributed by atoms with Crippen LogP contribution >= 0.6 is 11.3 Å². The molecular weight excluding hydrogens is 392 g/mol. The summed E-state index contributed by atoms with van der Waals surface area (Å²) in [6.07, 6.45) is 11.4. The Bertz CT molecular complexity index is 1180. The van der Waals surface area contributed by atoms with Gasteiger partial charge in [0.1, 0.15) is 15.4 Å². The Morgan fingerprint density at radius 3 is 2.57 bits per heavy atom. The van der Waals surface area contributed by atoms with Gasteiger partial charge in [-0.1, -0.05) is 6.42 Å².